The van der Waals surface area contributed by atoms with Crippen molar-refractivity contribution in [1.29, 1.82) is 0 Å². The molecule has 1 N–H and O–H groups in total. The van der Waals surface area contributed by atoms with Crippen LogP contribution in [0.5, 0.6) is 0 Å². The van der Waals surface area contributed by atoms with Crippen LogP contribution in [0.1, 0.15) is 18.1 Å². The molecule has 0 aliphatic heterocycles. The van der Waals surface area contributed by atoms with E-state index in [0.29, 0.717) is 0 Å². The molecule has 0 radical (unpaired) electrons. The van der Waals surface area contributed by atoms with Gasteiger partial charge in [-0.15, -0.1) is 0 Å². The Bertz CT molecular complexity index is 346. The van der Waals surface area contributed by atoms with Crippen molar-refractivity contribution >= 4 is 11.7 Å². The van der Waals surface area contributed by atoms with Gasteiger partial charge in [-0.05, 0) is 17.7 Å². The Morgan fingerprint density at radius 2 is 1.94 bits per heavy atom. The summed E-state index contributed by atoms with van der Waals surface area (Å²) in [5, 5.41) is 9.74. The van der Waals surface area contributed by atoms with E-state index in [9.17, 15) is 9.90 Å². The molecule has 88 valence electrons. The van der Waals surface area contributed by atoms with Crippen LogP contribution in [0.25, 0.3) is 0 Å². The third-order valence-electron chi connectivity index (χ3n) is 2.38. The van der Waals surface area contributed by atoms with Crippen LogP contribution in [0.15, 0.2) is 24.3 Å². The molecule has 4 heteroatoms. The number of benzene rings is 1. The molecular formula is C12H17NO3. The summed E-state index contributed by atoms with van der Waals surface area (Å²) >= 11 is 0. The number of rotatable bonds is 4. The predicted octanol–water partition coefficient (Wildman–Crippen LogP) is 1.35. The van der Waals surface area contributed by atoms with E-state index in [0.717, 1.165) is 11.3 Å². The van der Waals surface area contributed by atoms with Gasteiger partial charge in [-0.3, -0.25) is 4.79 Å². The van der Waals surface area contributed by atoms with E-state index in [1.807, 2.05) is 43.3 Å². The van der Waals surface area contributed by atoms with Gasteiger partial charge in [-0.2, -0.15) is 0 Å². The number of nitrogens with zero attached hydrogens (tertiary/aromatic N) is 1. The van der Waals surface area contributed by atoms with Crippen LogP contribution in [0.4, 0.5) is 5.69 Å². The molecule has 0 spiro atoms. The summed E-state index contributed by atoms with van der Waals surface area (Å²) in [6.07, 6.45) is -0.818. The van der Waals surface area contributed by atoms with E-state index in [1.54, 1.807) is 0 Å². The molecule has 0 saturated heterocycles. The van der Waals surface area contributed by atoms with Crippen LogP contribution in [-0.2, 0) is 9.53 Å². The van der Waals surface area contributed by atoms with Gasteiger partial charge in [-0.25, -0.2) is 0 Å². The predicted molar refractivity (Wildman–Crippen MR) is 62.4 cm³/mol. The van der Waals surface area contributed by atoms with Crippen LogP contribution in [0.2, 0.25) is 0 Å². The van der Waals surface area contributed by atoms with Gasteiger partial charge in [0.05, 0.1) is 19.6 Å². The summed E-state index contributed by atoms with van der Waals surface area (Å²) in [6.45, 7) is 0. The van der Waals surface area contributed by atoms with E-state index in [4.69, 9.17) is 0 Å². The Hall–Kier alpha value is -1.55. The second-order valence-corrected chi connectivity index (χ2v) is 3.78. The quantitative estimate of drug-likeness (QED) is 0.783. The number of hydrogen-bond donors (Lipinski definition) is 1. The molecular weight excluding hydrogens is 206 g/mol. The fourth-order valence-electron chi connectivity index (χ4n) is 1.35. The number of aliphatic hydroxyl groups is 1. The van der Waals surface area contributed by atoms with E-state index < -0.39 is 12.1 Å². The maximum Gasteiger partial charge on any atom is 0.308 e. The molecule has 0 amide bonds. The van der Waals surface area contributed by atoms with Crippen molar-refractivity contribution in [2.24, 2.45) is 0 Å². The van der Waals surface area contributed by atoms with Crippen molar-refractivity contribution in [3.05, 3.63) is 29.8 Å². The van der Waals surface area contributed by atoms with Crippen molar-refractivity contribution < 1.29 is 14.6 Å². The molecule has 1 aromatic carbocycles. The first-order chi connectivity index (χ1) is 7.54. The lowest BCUT2D eigenvalue weighted by molar-refractivity contribution is -0.142. The highest BCUT2D eigenvalue weighted by Crippen LogP contribution is 2.20. The molecule has 0 heterocycles. The number of carbonyl (C=O) groups excluding carboxylic acids is 1. The molecule has 0 bridgehead atoms. The number of hydrogen-bond acceptors (Lipinski definition) is 4. The van der Waals surface area contributed by atoms with E-state index >= 15 is 0 Å². The van der Waals surface area contributed by atoms with Crippen molar-refractivity contribution in [1.82, 2.24) is 0 Å². The van der Waals surface area contributed by atoms with Crippen molar-refractivity contribution in [3.8, 4) is 0 Å². The minimum atomic E-state index is -0.802. The molecule has 0 fully saturated rings. The zero-order valence-electron chi connectivity index (χ0n) is 9.80. The maximum atomic E-state index is 11.0. The summed E-state index contributed by atoms with van der Waals surface area (Å²) in [4.78, 5) is 12.9. The fraction of sp³-hybridized carbons (Fsp3) is 0.417. The molecule has 0 aliphatic rings. The molecule has 1 rings (SSSR count). The van der Waals surface area contributed by atoms with Crippen LogP contribution >= 0.6 is 0 Å². The molecule has 0 saturated carbocycles. The second kappa shape index (κ2) is 5.51. The minimum Gasteiger partial charge on any atom is -0.469 e. The summed E-state index contributed by atoms with van der Waals surface area (Å²) in [5.41, 5.74) is 1.77. The maximum absolute atomic E-state index is 11.0. The van der Waals surface area contributed by atoms with Gasteiger partial charge in [-0.1, -0.05) is 12.1 Å². The Morgan fingerprint density at radius 1 is 1.38 bits per heavy atom. The standard InChI is InChI=1S/C12H17NO3/c1-13(2)10-6-4-9(5-7-10)11(14)8-12(15)16-3/h4-7,11,14H,8H2,1-3H3. The molecule has 0 aliphatic carbocycles. The molecule has 4 nitrogen and oxygen atoms in total. The molecule has 1 atom stereocenters. The average molecular weight is 223 g/mol. The van der Waals surface area contributed by atoms with Crippen LogP contribution in [0.3, 0.4) is 0 Å². The number of methoxy groups -OCH3 is 1. The highest BCUT2D eigenvalue weighted by molar-refractivity contribution is 5.70. The fourth-order valence-corrected chi connectivity index (χ4v) is 1.35. The Labute approximate surface area is 95.5 Å². The van der Waals surface area contributed by atoms with Gasteiger partial charge in [0.25, 0.3) is 0 Å². The molecule has 1 unspecified atom stereocenters. The van der Waals surface area contributed by atoms with E-state index in [2.05, 4.69) is 4.74 Å². The van der Waals surface area contributed by atoms with Crippen molar-refractivity contribution in [2.75, 3.05) is 26.1 Å². The Morgan fingerprint density at radius 3 is 2.38 bits per heavy atom. The van der Waals surface area contributed by atoms with Gasteiger partial charge in [0, 0.05) is 19.8 Å². The number of esters is 1. The number of anilines is 1. The SMILES string of the molecule is COC(=O)CC(O)c1ccc(N(C)C)cc1. The lowest BCUT2D eigenvalue weighted by atomic mass is 10.1. The Kier molecular flexibility index (Phi) is 4.31. The zero-order valence-corrected chi connectivity index (χ0v) is 9.80. The summed E-state index contributed by atoms with van der Waals surface area (Å²) in [7, 11) is 5.20. The third kappa shape index (κ3) is 3.24. The highest BCUT2D eigenvalue weighted by atomic mass is 16.5. The molecule has 0 aromatic heterocycles. The topological polar surface area (TPSA) is 49.8 Å². The lowest BCUT2D eigenvalue weighted by Gasteiger charge is -2.14. The van der Waals surface area contributed by atoms with Crippen LogP contribution in [-0.4, -0.2) is 32.3 Å². The molecule has 1 aromatic rings. The summed E-state index contributed by atoms with van der Waals surface area (Å²) in [6, 6.07) is 7.41. The summed E-state index contributed by atoms with van der Waals surface area (Å²) < 4.78 is 4.50. The normalized spacial score (nSPS) is 12.0. The molecule has 16 heavy (non-hydrogen) atoms. The van der Waals surface area contributed by atoms with E-state index in [1.165, 1.54) is 7.11 Å². The first kappa shape index (κ1) is 12.5. The largest absolute Gasteiger partial charge is 0.469 e. The number of ether oxygens (including phenoxy) is 1. The lowest BCUT2D eigenvalue weighted by Crippen LogP contribution is -2.10. The van der Waals surface area contributed by atoms with E-state index in [-0.39, 0.29) is 6.42 Å². The third-order valence-corrected chi connectivity index (χ3v) is 2.38. The Balaban J connectivity index is 2.70. The summed E-state index contributed by atoms with van der Waals surface area (Å²) in [5.74, 6) is -0.413. The second-order valence-electron chi connectivity index (χ2n) is 3.78. The van der Waals surface area contributed by atoms with Crippen molar-refractivity contribution in [3.63, 3.8) is 0 Å². The first-order valence-corrected chi connectivity index (χ1v) is 5.06. The smallest absolute Gasteiger partial charge is 0.308 e. The van der Waals surface area contributed by atoms with Gasteiger partial charge < -0.3 is 14.7 Å². The van der Waals surface area contributed by atoms with Gasteiger partial charge in [0.2, 0.25) is 0 Å². The average Bonchev–Trinajstić information content (AvgIpc) is 2.28. The number of carbonyl (C=O) groups is 1. The van der Waals surface area contributed by atoms with Gasteiger partial charge in [0.15, 0.2) is 0 Å². The monoisotopic (exact) mass is 223 g/mol. The minimum absolute atomic E-state index is 0.0161. The van der Waals surface area contributed by atoms with Crippen LogP contribution < -0.4 is 4.90 Å². The highest BCUT2D eigenvalue weighted by Gasteiger charge is 2.13. The number of aliphatic hydroxyl groups excluding tert-OH is 1. The first-order valence-electron chi connectivity index (χ1n) is 5.06. The van der Waals surface area contributed by atoms with Crippen molar-refractivity contribution in [2.45, 2.75) is 12.5 Å². The zero-order chi connectivity index (χ0) is 12.1. The van der Waals surface area contributed by atoms with Gasteiger partial charge in [0.1, 0.15) is 0 Å². The van der Waals surface area contributed by atoms with Crippen LogP contribution in [0, 0.1) is 0 Å². The van der Waals surface area contributed by atoms with Gasteiger partial charge >= 0.3 is 5.97 Å².